The monoisotopic (exact) mass is 1410 g/mol. The average Bonchev–Trinajstić information content (AvgIpc) is 1.49. The fourth-order valence-corrected chi connectivity index (χ4v) is 21.7. The number of likely N-dealkylation sites (tertiary alicyclic amines) is 1. The molecular formula is C76H103F2N11O11Si. The molecule has 2 bridgehead atoms. The second kappa shape index (κ2) is 30.6. The van der Waals surface area contributed by atoms with Crippen LogP contribution in [0.3, 0.4) is 0 Å². The van der Waals surface area contributed by atoms with Gasteiger partial charge < -0.3 is 48.4 Å². The van der Waals surface area contributed by atoms with Crippen LogP contribution < -0.4 is 34.6 Å². The number of urea groups is 1. The molecule has 1 spiro atoms. The third kappa shape index (κ3) is 16.6. The van der Waals surface area contributed by atoms with Gasteiger partial charge in [-0.15, -0.1) is 5.54 Å². The first-order valence-corrected chi connectivity index (χ1v) is 38.4. The Balaban J connectivity index is 0.819. The van der Waals surface area contributed by atoms with Crippen molar-refractivity contribution in [3.05, 3.63) is 71.4 Å². The quantitative estimate of drug-likeness (QED) is 0.0445. The standard InChI is InChI=1S/C76H103F2N11O11Si/c1-47(2)101(48(3)4,49(5)6)36-24-57-60(77)19-15-51-37-56(98-46-95-13)39-58(64(51)57)66-65(78)67-59(40-79-66)68(87-43-54-17-18-55(44-87)89(54)73(94)100-75(10,11)12)83-70(82-67)97-45-53(80-72(93)99-74(7,8)9)42-85-34-32-84(33-35-85)41-50-21-25-76(26-22-50)27-30-86(31-28-76)69(91)52-16-20-62(96-14)61(38-52)88-29-23-63(90)81-71(88)92/h15-16,19-20,37-40,47-50,53-55H,17-18,21-23,25-35,41-46H2,1-14H3,(H,80,93)(H,81,90,92). The molecule has 3 aromatic carbocycles. The van der Waals surface area contributed by atoms with Crippen molar-refractivity contribution >= 4 is 71.3 Å². The number of methoxy groups -OCH3 is 2. The summed E-state index contributed by atoms with van der Waals surface area (Å²) < 4.78 is 70.5. The molecule has 5 saturated heterocycles. The van der Waals surface area contributed by atoms with Gasteiger partial charge in [-0.3, -0.25) is 34.6 Å². The molecule has 5 aromatic rings. The van der Waals surface area contributed by atoms with E-state index in [2.05, 4.69) is 73.4 Å². The summed E-state index contributed by atoms with van der Waals surface area (Å²) in [4.78, 5) is 93.0. The Morgan fingerprint density at radius 2 is 1.45 bits per heavy atom. The van der Waals surface area contributed by atoms with Gasteiger partial charge in [-0.1, -0.05) is 53.5 Å². The molecule has 25 heteroatoms. The van der Waals surface area contributed by atoms with Crippen molar-refractivity contribution in [1.29, 1.82) is 0 Å². The molecule has 546 valence electrons. The SMILES string of the molecule is COCOc1cc(-c2ncc3c(N4CC5CCC(C4)N5C(=O)OC(C)(C)C)nc(OCC(CN4CCN(CC5CCC6(CC5)CCN(C(=O)c5ccc(OC)c(N7CCC(=O)NC7=O)c5)CC6)CC4)NC(=O)OC(C)(C)C)nc3c2F)c2c(C#C[Si](C(C)C)(C(C)C)C(C)C)c(F)ccc2c1. The van der Waals surface area contributed by atoms with Crippen LogP contribution in [-0.4, -0.2) is 202 Å². The van der Waals surface area contributed by atoms with Crippen LogP contribution in [0.15, 0.2) is 48.7 Å². The number of piperazine rings is 2. The summed E-state index contributed by atoms with van der Waals surface area (Å²) >= 11 is 0. The Morgan fingerprint density at radius 3 is 2.07 bits per heavy atom. The Kier molecular flexibility index (Phi) is 22.5. The van der Waals surface area contributed by atoms with Crippen molar-refractivity contribution in [2.24, 2.45) is 11.3 Å². The molecule has 11 rings (SSSR count). The van der Waals surface area contributed by atoms with Crippen LogP contribution >= 0.6 is 0 Å². The summed E-state index contributed by atoms with van der Waals surface area (Å²) in [6.45, 7) is 30.7. The van der Waals surface area contributed by atoms with Gasteiger partial charge in [0.1, 0.15) is 60.2 Å². The number of carbonyl (C=O) groups is 5. The number of ether oxygens (including phenoxy) is 6. The van der Waals surface area contributed by atoms with E-state index in [1.165, 1.54) is 25.2 Å². The lowest BCUT2D eigenvalue weighted by Gasteiger charge is -2.47. The van der Waals surface area contributed by atoms with E-state index in [0.29, 0.717) is 83.4 Å². The highest BCUT2D eigenvalue weighted by Crippen LogP contribution is 2.48. The van der Waals surface area contributed by atoms with Crippen molar-refractivity contribution in [3.63, 3.8) is 0 Å². The molecule has 5 aliphatic heterocycles. The lowest BCUT2D eigenvalue weighted by molar-refractivity contribution is -0.120. The predicted octanol–water partition coefficient (Wildman–Crippen LogP) is 12.7. The molecule has 6 aliphatic rings. The molecule has 22 nitrogen and oxygen atoms in total. The number of halogens is 2. The predicted molar refractivity (Wildman–Crippen MR) is 387 cm³/mol. The molecular weight excluding hydrogens is 1310 g/mol. The number of piperidine rings is 1. The molecule has 2 N–H and O–H groups in total. The maximum atomic E-state index is 18.5. The van der Waals surface area contributed by atoms with Crippen LogP contribution in [0.25, 0.3) is 32.9 Å². The number of fused-ring (bicyclic) bond motifs is 4. The van der Waals surface area contributed by atoms with Crippen LogP contribution in [0.4, 0.5) is 34.7 Å². The van der Waals surface area contributed by atoms with Gasteiger partial charge in [0.2, 0.25) is 5.91 Å². The van der Waals surface area contributed by atoms with Gasteiger partial charge in [-0.25, -0.2) is 23.2 Å². The van der Waals surface area contributed by atoms with Crippen LogP contribution in [0.5, 0.6) is 17.5 Å². The number of imide groups is 1. The van der Waals surface area contributed by atoms with Gasteiger partial charge in [-0.2, -0.15) is 9.97 Å². The van der Waals surface area contributed by atoms with Crippen LogP contribution in [0.2, 0.25) is 16.6 Å². The lowest BCUT2D eigenvalue weighted by atomic mass is 9.65. The number of anilines is 2. The minimum atomic E-state index is -2.41. The van der Waals surface area contributed by atoms with E-state index in [4.69, 9.17) is 43.4 Å². The molecule has 7 heterocycles. The van der Waals surface area contributed by atoms with Gasteiger partial charge in [0, 0.05) is 108 Å². The zero-order chi connectivity index (χ0) is 72.5. The normalized spacial score (nSPS) is 19.8. The molecule has 3 unspecified atom stereocenters. The highest BCUT2D eigenvalue weighted by molar-refractivity contribution is 6.90. The number of hydrogen-bond donors (Lipinski definition) is 2. The first-order chi connectivity index (χ1) is 47.9. The number of aromatic nitrogens is 3. The smallest absolute Gasteiger partial charge is 0.410 e. The fourth-order valence-electron chi connectivity index (χ4n) is 16.5. The molecule has 6 amide bonds. The topological polar surface area (TPSA) is 223 Å². The summed E-state index contributed by atoms with van der Waals surface area (Å²) in [6.07, 6.45) is 8.44. The van der Waals surface area contributed by atoms with E-state index >= 15 is 8.78 Å². The number of alkyl carbamates (subject to hydrolysis) is 1. The van der Waals surface area contributed by atoms with E-state index in [1.54, 1.807) is 63.4 Å². The first kappa shape index (κ1) is 74.3. The van der Waals surface area contributed by atoms with Crippen LogP contribution in [0.1, 0.15) is 157 Å². The zero-order valence-corrected chi connectivity index (χ0v) is 62.5. The first-order valence-electron chi connectivity index (χ1n) is 36.2. The third-order valence-electron chi connectivity index (χ3n) is 21.6. The molecule has 2 aromatic heterocycles. The van der Waals surface area contributed by atoms with Crippen LogP contribution in [-0.2, 0) is 19.0 Å². The zero-order valence-electron chi connectivity index (χ0n) is 61.5. The largest absolute Gasteiger partial charge is 0.495 e. The molecule has 1 saturated carbocycles. The lowest BCUT2D eigenvalue weighted by Crippen LogP contribution is -2.57. The minimum Gasteiger partial charge on any atom is -0.495 e. The number of carbonyl (C=O) groups excluding carboxylic acids is 5. The molecule has 0 radical (unpaired) electrons. The Morgan fingerprint density at radius 1 is 0.782 bits per heavy atom. The van der Waals surface area contributed by atoms with Gasteiger partial charge in [-0.05, 0) is 163 Å². The number of hydrogen-bond acceptors (Lipinski definition) is 17. The van der Waals surface area contributed by atoms with Gasteiger partial charge >= 0.3 is 24.2 Å². The Bertz CT molecular complexity index is 3920. The van der Waals surface area contributed by atoms with Crippen molar-refractivity contribution in [1.82, 2.24) is 45.2 Å². The number of benzene rings is 3. The highest BCUT2D eigenvalue weighted by Gasteiger charge is 2.47. The number of nitrogens with one attached hydrogen (secondary N) is 2. The maximum absolute atomic E-state index is 18.5. The highest BCUT2D eigenvalue weighted by atomic mass is 28.3. The summed E-state index contributed by atoms with van der Waals surface area (Å²) in [5.74, 6) is 3.27. The van der Waals surface area contributed by atoms with Crippen molar-refractivity contribution in [2.45, 2.75) is 187 Å². The van der Waals surface area contributed by atoms with Crippen LogP contribution in [0, 0.1) is 34.4 Å². The molecule has 6 fully saturated rings. The van der Waals surface area contributed by atoms with Crippen molar-refractivity contribution < 1.29 is 61.2 Å². The van der Waals surface area contributed by atoms with Crippen molar-refractivity contribution in [2.75, 3.05) is 109 Å². The van der Waals surface area contributed by atoms with E-state index < -0.39 is 49.1 Å². The molecule has 1 aliphatic carbocycles. The summed E-state index contributed by atoms with van der Waals surface area (Å²) in [6, 6.07) is 9.77. The molecule has 3 atom stereocenters. The maximum Gasteiger partial charge on any atom is 0.410 e. The summed E-state index contributed by atoms with van der Waals surface area (Å²) in [5.41, 5.74) is 4.24. The minimum absolute atomic E-state index is 0.0840. The van der Waals surface area contributed by atoms with E-state index in [9.17, 15) is 24.0 Å². The van der Waals surface area contributed by atoms with Gasteiger partial charge in [0.25, 0.3) is 5.91 Å². The second-order valence-electron chi connectivity index (χ2n) is 31.5. The number of rotatable bonds is 19. The molecule has 101 heavy (non-hydrogen) atoms. The van der Waals surface area contributed by atoms with E-state index in [1.807, 2.05) is 35.5 Å². The third-order valence-corrected chi connectivity index (χ3v) is 27.9. The Hall–Kier alpha value is -7.92. The van der Waals surface area contributed by atoms with Gasteiger partial charge in [0.15, 0.2) is 12.6 Å². The second-order valence-corrected chi connectivity index (χ2v) is 37.1. The fraction of sp³-hybridized carbons (Fsp3) is 0.605. The number of pyridine rings is 1. The summed E-state index contributed by atoms with van der Waals surface area (Å²) in [5, 5.41) is 6.66. The van der Waals surface area contributed by atoms with E-state index in [-0.39, 0.29) is 107 Å². The van der Waals surface area contributed by atoms with Gasteiger partial charge in [0.05, 0.1) is 41.9 Å². The number of nitrogens with zero attached hydrogens (tertiary/aromatic N) is 9. The number of amides is 6. The van der Waals surface area contributed by atoms with Crippen molar-refractivity contribution in [3.8, 4) is 40.2 Å². The summed E-state index contributed by atoms with van der Waals surface area (Å²) in [7, 11) is 0.610. The Labute approximate surface area is 594 Å². The van der Waals surface area contributed by atoms with E-state index in [0.717, 1.165) is 84.1 Å². The average molecular weight is 1410 g/mol.